The number of hydrogen-bond donors (Lipinski definition) is 1. The molecule has 0 saturated heterocycles. The van der Waals surface area contributed by atoms with Crippen LogP contribution in [0.15, 0.2) is 41.0 Å². The van der Waals surface area contributed by atoms with Gasteiger partial charge in [0.05, 0.1) is 11.6 Å². The SMILES string of the molecule is O=C(NC1CCCc2ccccc21)c1cc(Br)cnc1Cl. The number of nitrogens with zero attached hydrogens (tertiary/aromatic N) is 1. The maximum atomic E-state index is 12.4. The fourth-order valence-corrected chi connectivity index (χ4v) is 3.24. The van der Waals surface area contributed by atoms with Gasteiger partial charge >= 0.3 is 0 Å². The molecule has 108 valence electrons. The summed E-state index contributed by atoms with van der Waals surface area (Å²) in [7, 11) is 0. The lowest BCUT2D eigenvalue weighted by Crippen LogP contribution is -2.31. The molecule has 0 bridgehead atoms. The summed E-state index contributed by atoms with van der Waals surface area (Å²) in [6, 6.07) is 9.99. The molecule has 0 saturated carbocycles. The number of aromatic nitrogens is 1. The first-order valence-electron chi connectivity index (χ1n) is 6.85. The number of halogens is 2. The number of carbonyl (C=O) groups excluding carboxylic acids is 1. The number of benzene rings is 1. The first-order valence-corrected chi connectivity index (χ1v) is 8.02. The van der Waals surface area contributed by atoms with E-state index in [-0.39, 0.29) is 17.1 Å². The van der Waals surface area contributed by atoms with Crippen molar-refractivity contribution in [3.8, 4) is 0 Å². The van der Waals surface area contributed by atoms with Crippen molar-refractivity contribution in [2.45, 2.75) is 25.3 Å². The van der Waals surface area contributed by atoms with E-state index in [4.69, 9.17) is 11.6 Å². The van der Waals surface area contributed by atoms with Crippen LogP contribution >= 0.6 is 27.5 Å². The summed E-state index contributed by atoms with van der Waals surface area (Å²) in [5.41, 5.74) is 2.91. The summed E-state index contributed by atoms with van der Waals surface area (Å²) < 4.78 is 0.737. The second-order valence-corrected chi connectivity index (χ2v) is 6.38. The Kier molecular flexibility index (Phi) is 4.27. The van der Waals surface area contributed by atoms with E-state index in [1.165, 1.54) is 11.1 Å². The van der Waals surface area contributed by atoms with Crippen molar-refractivity contribution in [3.05, 3.63) is 62.8 Å². The van der Waals surface area contributed by atoms with Crippen LogP contribution in [0, 0.1) is 0 Å². The molecule has 2 aromatic rings. The van der Waals surface area contributed by atoms with Crippen molar-refractivity contribution < 1.29 is 4.79 Å². The molecule has 1 N–H and O–H groups in total. The summed E-state index contributed by atoms with van der Waals surface area (Å²) in [5.74, 6) is -0.185. The van der Waals surface area contributed by atoms with Crippen molar-refractivity contribution >= 4 is 33.4 Å². The number of nitrogens with one attached hydrogen (secondary N) is 1. The van der Waals surface area contributed by atoms with Gasteiger partial charge in [-0.15, -0.1) is 0 Å². The molecular weight excluding hydrogens is 352 g/mol. The van der Waals surface area contributed by atoms with E-state index in [1.54, 1.807) is 12.3 Å². The molecule has 0 fully saturated rings. The first-order chi connectivity index (χ1) is 10.1. The Bertz CT molecular complexity index is 690. The highest BCUT2D eigenvalue weighted by Crippen LogP contribution is 2.30. The van der Waals surface area contributed by atoms with Gasteiger partial charge in [-0.25, -0.2) is 4.98 Å². The van der Waals surface area contributed by atoms with Crippen LogP contribution in [0.25, 0.3) is 0 Å². The third-order valence-corrected chi connectivity index (χ3v) is 4.46. The van der Waals surface area contributed by atoms with Gasteiger partial charge in [0.1, 0.15) is 5.15 Å². The van der Waals surface area contributed by atoms with Gasteiger partial charge in [-0.2, -0.15) is 0 Å². The quantitative estimate of drug-likeness (QED) is 0.806. The lowest BCUT2D eigenvalue weighted by atomic mass is 9.87. The van der Waals surface area contributed by atoms with Crippen LogP contribution in [-0.2, 0) is 6.42 Å². The van der Waals surface area contributed by atoms with Crippen molar-refractivity contribution in [2.75, 3.05) is 0 Å². The zero-order chi connectivity index (χ0) is 14.8. The van der Waals surface area contributed by atoms with Crippen LogP contribution in [0.1, 0.15) is 40.4 Å². The fraction of sp³-hybridized carbons (Fsp3) is 0.250. The third kappa shape index (κ3) is 3.11. The molecule has 1 aliphatic rings. The summed E-state index contributed by atoms with van der Waals surface area (Å²) in [5, 5.41) is 3.30. The molecule has 0 spiro atoms. The molecule has 1 amide bonds. The number of pyridine rings is 1. The molecule has 3 rings (SSSR count). The Hall–Kier alpha value is -1.39. The predicted octanol–water partition coefficient (Wildman–Crippen LogP) is 4.30. The first kappa shape index (κ1) is 14.5. The Morgan fingerprint density at radius 3 is 3.05 bits per heavy atom. The molecular formula is C16H14BrClN2O. The smallest absolute Gasteiger partial charge is 0.254 e. The average molecular weight is 366 g/mol. The van der Waals surface area contributed by atoms with Crippen molar-refractivity contribution in [2.24, 2.45) is 0 Å². The Morgan fingerprint density at radius 1 is 1.38 bits per heavy atom. The molecule has 0 aliphatic heterocycles. The number of hydrogen-bond acceptors (Lipinski definition) is 2. The topological polar surface area (TPSA) is 42.0 Å². The second-order valence-electron chi connectivity index (χ2n) is 5.11. The molecule has 1 atom stereocenters. The van der Waals surface area contributed by atoms with Gasteiger partial charge in [-0.1, -0.05) is 35.9 Å². The zero-order valence-electron chi connectivity index (χ0n) is 11.3. The average Bonchev–Trinajstić information content (AvgIpc) is 2.50. The van der Waals surface area contributed by atoms with E-state index in [2.05, 4.69) is 38.4 Å². The Labute approximate surface area is 136 Å². The number of fused-ring (bicyclic) bond motifs is 1. The van der Waals surface area contributed by atoms with Crippen LogP contribution in [0.4, 0.5) is 0 Å². The highest BCUT2D eigenvalue weighted by atomic mass is 79.9. The van der Waals surface area contributed by atoms with Gasteiger partial charge in [0.25, 0.3) is 5.91 Å². The third-order valence-electron chi connectivity index (χ3n) is 3.73. The van der Waals surface area contributed by atoms with Crippen LogP contribution < -0.4 is 5.32 Å². The van der Waals surface area contributed by atoms with Gasteiger partial charge in [0.15, 0.2) is 0 Å². The van der Waals surface area contributed by atoms with E-state index >= 15 is 0 Å². The van der Waals surface area contributed by atoms with Crippen LogP contribution in [-0.4, -0.2) is 10.9 Å². The fourth-order valence-electron chi connectivity index (χ4n) is 2.72. The molecule has 0 radical (unpaired) electrons. The number of carbonyl (C=O) groups is 1. The maximum absolute atomic E-state index is 12.4. The van der Waals surface area contributed by atoms with E-state index in [0.717, 1.165) is 23.7 Å². The predicted molar refractivity (Wildman–Crippen MR) is 86.5 cm³/mol. The molecule has 21 heavy (non-hydrogen) atoms. The van der Waals surface area contributed by atoms with Crippen LogP contribution in [0.2, 0.25) is 5.15 Å². The van der Waals surface area contributed by atoms with E-state index in [9.17, 15) is 4.79 Å². The van der Waals surface area contributed by atoms with E-state index in [1.807, 2.05) is 12.1 Å². The van der Waals surface area contributed by atoms with Crippen molar-refractivity contribution in [1.29, 1.82) is 0 Å². The molecule has 1 unspecified atom stereocenters. The largest absolute Gasteiger partial charge is 0.345 e. The molecule has 1 aromatic heterocycles. The summed E-state index contributed by atoms with van der Waals surface area (Å²) in [6.07, 6.45) is 4.67. The monoisotopic (exact) mass is 364 g/mol. The number of aryl methyl sites for hydroxylation is 1. The van der Waals surface area contributed by atoms with Gasteiger partial charge in [0, 0.05) is 10.7 Å². The Morgan fingerprint density at radius 2 is 2.19 bits per heavy atom. The molecule has 1 aliphatic carbocycles. The molecule has 3 nitrogen and oxygen atoms in total. The van der Waals surface area contributed by atoms with Crippen LogP contribution in [0.5, 0.6) is 0 Å². The lowest BCUT2D eigenvalue weighted by molar-refractivity contribution is 0.0932. The van der Waals surface area contributed by atoms with Gasteiger partial charge < -0.3 is 5.32 Å². The number of rotatable bonds is 2. The van der Waals surface area contributed by atoms with E-state index < -0.39 is 0 Å². The lowest BCUT2D eigenvalue weighted by Gasteiger charge is -2.26. The molecule has 5 heteroatoms. The van der Waals surface area contributed by atoms with Crippen LogP contribution in [0.3, 0.4) is 0 Å². The van der Waals surface area contributed by atoms with Gasteiger partial charge in [0.2, 0.25) is 0 Å². The molecule has 1 heterocycles. The molecule has 1 aromatic carbocycles. The number of amides is 1. The van der Waals surface area contributed by atoms with Gasteiger partial charge in [-0.3, -0.25) is 4.79 Å². The summed E-state index contributed by atoms with van der Waals surface area (Å²) in [4.78, 5) is 16.4. The normalized spacial score (nSPS) is 17.1. The highest BCUT2D eigenvalue weighted by Gasteiger charge is 2.23. The Balaban J connectivity index is 1.84. The van der Waals surface area contributed by atoms with Crippen molar-refractivity contribution in [1.82, 2.24) is 10.3 Å². The standard InChI is InChI=1S/C16H14BrClN2O/c17-11-8-13(15(18)19-9-11)16(21)20-14-7-3-5-10-4-1-2-6-12(10)14/h1-2,4,6,8-9,14H,3,5,7H2,(H,20,21). The minimum Gasteiger partial charge on any atom is -0.345 e. The highest BCUT2D eigenvalue weighted by molar-refractivity contribution is 9.10. The van der Waals surface area contributed by atoms with E-state index in [0.29, 0.717) is 5.56 Å². The minimum atomic E-state index is -0.185. The summed E-state index contributed by atoms with van der Waals surface area (Å²) >= 11 is 9.33. The minimum absolute atomic E-state index is 0.0394. The second kappa shape index (κ2) is 6.16. The van der Waals surface area contributed by atoms with Crippen molar-refractivity contribution in [3.63, 3.8) is 0 Å². The maximum Gasteiger partial charge on any atom is 0.254 e. The zero-order valence-corrected chi connectivity index (χ0v) is 13.6. The van der Waals surface area contributed by atoms with Gasteiger partial charge in [-0.05, 0) is 52.4 Å². The summed E-state index contributed by atoms with van der Waals surface area (Å²) in [6.45, 7) is 0.